The van der Waals surface area contributed by atoms with Crippen molar-refractivity contribution in [2.75, 3.05) is 13.2 Å². The van der Waals surface area contributed by atoms with Crippen molar-refractivity contribution in [2.24, 2.45) is 0 Å². The Kier molecular flexibility index (Phi) is 6.22. The molecule has 0 aromatic carbocycles. The summed E-state index contributed by atoms with van der Waals surface area (Å²) in [6, 6.07) is 0.226. The van der Waals surface area contributed by atoms with Gasteiger partial charge in [-0.25, -0.2) is 0 Å². The summed E-state index contributed by atoms with van der Waals surface area (Å²) in [5.74, 6) is 0.131. The molecule has 1 heterocycles. The Morgan fingerprint density at radius 3 is 2.65 bits per heavy atom. The summed E-state index contributed by atoms with van der Waals surface area (Å²) in [5, 5.41) is 0. The van der Waals surface area contributed by atoms with E-state index in [1.54, 1.807) is 4.90 Å². The number of allylic oxidation sites excluding steroid dienone is 1. The van der Waals surface area contributed by atoms with Crippen LogP contribution < -0.4 is 0 Å². The maximum Gasteiger partial charge on any atom is 0.242 e. The molecule has 4 heteroatoms. The molecule has 1 amide bonds. The van der Waals surface area contributed by atoms with Gasteiger partial charge >= 0.3 is 0 Å². The summed E-state index contributed by atoms with van der Waals surface area (Å²) in [6.07, 6.45) is 4.71. The van der Waals surface area contributed by atoms with Crippen LogP contribution >= 0.6 is 0 Å². The van der Waals surface area contributed by atoms with E-state index in [1.165, 1.54) is 0 Å². The predicted octanol–water partition coefficient (Wildman–Crippen LogP) is 2.30. The average molecular weight is 241 g/mol. The van der Waals surface area contributed by atoms with Crippen molar-refractivity contribution in [2.45, 2.75) is 52.0 Å². The highest BCUT2D eigenvalue weighted by Gasteiger charge is 2.36. The van der Waals surface area contributed by atoms with Crippen LogP contribution in [0.5, 0.6) is 0 Å². The van der Waals surface area contributed by atoms with E-state index in [0.717, 1.165) is 19.3 Å². The molecule has 1 atom stereocenters. The van der Waals surface area contributed by atoms with E-state index >= 15 is 0 Å². The lowest BCUT2D eigenvalue weighted by molar-refractivity contribution is -0.223. The van der Waals surface area contributed by atoms with Crippen molar-refractivity contribution in [3.63, 3.8) is 0 Å². The number of hydrogen-bond donors (Lipinski definition) is 0. The molecule has 1 aliphatic heterocycles. The minimum atomic E-state index is -0.519. The highest BCUT2D eigenvalue weighted by Crippen LogP contribution is 2.26. The fraction of sp³-hybridized carbons (Fsp3) is 0.769. The van der Waals surface area contributed by atoms with Crippen LogP contribution in [0, 0.1) is 0 Å². The van der Waals surface area contributed by atoms with Crippen LogP contribution in [0.4, 0.5) is 0 Å². The molecule has 0 radical (unpaired) electrons. The zero-order valence-corrected chi connectivity index (χ0v) is 10.9. The number of likely N-dealkylation sites (tertiary alicyclic amines) is 1. The molecule has 0 N–H and O–H groups in total. The monoisotopic (exact) mass is 241 g/mol. The van der Waals surface area contributed by atoms with Gasteiger partial charge in [-0.3, -0.25) is 9.69 Å². The second-order valence-corrected chi connectivity index (χ2v) is 4.08. The lowest BCUT2D eigenvalue weighted by Crippen LogP contribution is -2.45. The second-order valence-electron chi connectivity index (χ2n) is 4.08. The van der Waals surface area contributed by atoms with Crippen LogP contribution in [-0.4, -0.2) is 36.5 Å². The van der Waals surface area contributed by atoms with Gasteiger partial charge in [-0.2, -0.15) is 0 Å². The van der Waals surface area contributed by atoms with Gasteiger partial charge < -0.3 is 9.47 Å². The molecule has 1 unspecified atom stereocenters. The highest BCUT2D eigenvalue weighted by molar-refractivity contribution is 5.78. The van der Waals surface area contributed by atoms with Crippen molar-refractivity contribution >= 4 is 5.91 Å². The topological polar surface area (TPSA) is 38.8 Å². The van der Waals surface area contributed by atoms with Gasteiger partial charge in [-0.05, 0) is 33.1 Å². The lowest BCUT2D eigenvalue weighted by atomic mass is 10.1. The first-order valence-electron chi connectivity index (χ1n) is 6.39. The first-order valence-corrected chi connectivity index (χ1v) is 6.39. The van der Waals surface area contributed by atoms with E-state index in [1.807, 2.05) is 19.9 Å². The van der Waals surface area contributed by atoms with Crippen LogP contribution in [0.3, 0.4) is 0 Å². The Bertz CT molecular complexity index is 249. The van der Waals surface area contributed by atoms with Gasteiger partial charge in [0.1, 0.15) is 0 Å². The summed E-state index contributed by atoms with van der Waals surface area (Å²) in [6.45, 7) is 8.62. The van der Waals surface area contributed by atoms with E-state index in [0.29, 0.717) is 19.6 Å². The summed E-state index contributed by atoms with van der Waals surface area (Å²) in [5.41, 5.74) is 0. The molecule has 0 spiro atoms. The molecule has 17 heavy (non-hydrogen) atoms. The van der Waals surface area contributed by atoms with Crippen LogP contribution in [0.15, 0.2) is 12.7 Å². The standard InChI is InChI=1S/C13H23NO3/c1-4-7-8-11-9-10-12(15)14(11)13(16-5-2)17-6-3/h4,11,13H,1,5-10H2,2-3H3. The van der Waals surface area contributed by atoms with Crippen LogP contribution in [0.1, 0.15) is 39.5 Å². The predicted molar refractivity (Wildman–Crippen MR) is 66.3 cm³/mol. The number of carbonyl (C=O) groups is 1. The fourth-order valence-electron chi connectivity index (χ4n) is 2.14. The van der Waals surface area contributed by atoms with Crippen LogP contribution in [0.2, 0.25) is 0 Å². The maximum absolute atomic E-state index is 11.9. The zero-order chi connectivity index (χ0) is 12.7. The molecule has 1 fully saturated rings. The average Bonchev–Trinajstić information content (AvgIpc) is 2.67. The summed E-state index contributed by atoms with van der Waals surface area (Å²) in [4.78, 5) is 13.6. The van der Waals surface area contributed by atoms with E-state index in [9.17, 15) is 4.79 Å². The Morgan fingerprint density at radius 2 is 2.12 bits per heavy atom. The van der Waals surface area contributed by atoms with Gasteiger partial charge in [0.2, 0.25) is 12.3 Å². The lowest BCUT2D eigenvalue weighted by Gasteiger charge is -2.32. The molecule has 1 aliphatic rings. The normalized spacial score (nSPS) is 20.3. The Labute approximate surface area is 104 Å². The summed E-state index contributed by atoms with van der Waals surface area (Å²) >= 11 is 0. The van der Waals surface area contributed by atoms with Crippen molar-refractivity contribution < 1.29 is 14.3 Å². The SMILES string of the molecule is C=CCCC1CCC(=O)N1C(OCC)OCC. The van der Waals surface area contributed by atoms with Gasteiger partial charge in [0.05, 0.1) is 0 Å². The van der Waals surface area contributed by atoms with Crippen molar-refractivity contribution in [3.05, 3.63) is 12.7 Å². The second kappa shape index (κ2) is 7.45. The summed E-state index contributed by atoms with van der Waals surface area (Å²) in [7, 11) is 0. The van der Waals surface area contributed by atoms with E-state index in [2.05, 4.69) is 6.58 Å². The minimum absolute atomic E-state index is 0.131. The quantitative estimate of drug-likeness (QED) is 0.483. The molecule has 98 valence electrons. The van der Waals surface area contributed by atoms with Crippen molar-refractivity contribution in [3.8, 4) is 0 Å². The number of rotatable bonds is 8. The fourth-order valence-corrected chi connectivity index (χ4v) is 2.14. The third-order valence-corrected chi connectivity index (χ3v) is 2.92. The molecular weight excluding hydrogens is 218 g/mol. The molecule has 0 aromatic heterocycles. The zero-order valence-electron chi connectivity index (χ0n) is 10.9. The number of nitrogens with zero attached hydrogens (tertiary/aromatic N) is 1. The van der Waals surface area contributed by atoms with Gasteiger partial charge in [-0.15, -0.1) is 6.58 Å². The molecule has 0 bridgehead atoms. The number of amides is 1. The Balaban J connectivity index is 2.65. The van der Waals surface area contributed by atoms with Gasteiger partial charge in [0, 0.05) is 25.7 Å². The Hall–Kier alpha value is -0.870. The van der Waals surface area contributed by atoms with E-state index in [-0.39, 0.29) is 11.9 Å². The number of ether oxygens (including phenoxy) is 2. The van der Waals surface area contributed by atoms with E-state index < -0.39 is 6.41 Å². The summed E-state index contributed by atoms with van der Waals surface area (Å²) < 4.78 is 11.0. The molecule has 1 rings (SSSR count). The maximum atomic E-state index is 11.9. The van der Waals surface area contributed by atoms with Crippen molar-refractivity contribution in [1.29, 1.82) is 0 Å². The van der Waals surface area contributed by atoms with E-state index in [4.69, 9.17) is 9.47 Å². The Morgan fingerprint density at radius 1 is 1.47 bits per heavy atom. The first kappa shape index (κ1) is 14.2. The van der Waals surface area contributed by atoms with Gasteiger partial charge in [0.25, 0.3) is 0 Å². The molecular formula is C13H23NO3. The number of carbonyl (C=O) groups excluding carboxylic acids is 1. The van der Waals surface area contributed by atoms with Gasteiger partial charge in [-0.1, -0.05) is 6.08 Å². The van der Waals surface area contributed by atoms with Gasteiger partial charge in [0.15, 0.2) is 0 Å². The third-order valence-electron chi connectivity index (χ3n) is 2.92. The molecule has 0 aliphatic carbocycles. The van der Waals surface area contributed by atoms with Crippen LogP contribution in [-0.2, 0) is 14.3 Å². The van der Waals surface area contributed by atoms with Crippen molar-refractivity contribution in [1.82, 2.24) is 4.90 Å². The van der Waals surface area contributed by atoms with Crippen LogP contribution in [0.25, 0.3) is 0 Å². The minimum Gasteiger partial charge on any atom is -0.335 e. The highest BCUT2D eigenvalue weighted by atomic mass is 16.7. The first-order chi connectivity index (χ1) is 8.24. The molecule has 0 aromatic rings. The molecule has 1 saturated heterocycles. The largest absolute Gasteiger partial charge is 0.335 e. The molecule has 0 saturated carbocycles. The smallest absolute Gasteiger partial charge is 0.242 e. The number of hydrogen-bond acceptors (Lipinski definition) is 3. The third kappa shape index (κ3) is 3.82. The molecule has 4 nitrogen and oxygen atoms in total.